The number of halogens is 5. The zero-order valence-corrected chi connectivity index (χ0v) is 31.3. The Kier molecular flexibility index (Phi) is 15.2. The average Bonchev–Trinajstić information content (AvgIpc) is 3.41. The Morgan fingerprint density at radius 3 is 2.19 bits per heavy atom. The van der Waals surface area contributed by atoms with Crippen molar-refractivity contribution >= 4 is 57.1 Å². The molecule has 0 aliphatic heterocycles. The number of benzene rings is 2. The van der Waals surface area contributed by atoms with Crippen LogP contribution in [0.25, 0.3) is 5.69 Å². The third-order valence-corrected chi connectivity index (χ3v) is 8.67. The predicted octanol–water partition coefficient (Wildman–Crippen LogP) is 4.17. The third-order valence-electron chi connectivity index (χ3n) is 6.80. The van der Waals surface area contributed by atoms with Gasteiger partial charge < -0.3 is 18.9 Å². The maximum Gasteiger partial charge on any atom is 0.355 e. The normalized spacial score (nSPS) is 11.5. The first-order chi connectivity index (χ1) is 25.4. The number of carbonyl (C=O) groups is 3. The molecule has 2 amide bonds. The molecule has 0 radical (unpaired) electrons. The molecule has 17 nitrogen and oxygen atoms in total. The number of hydrogen-bond donors (Lipinski definition) is 2. The second-order valence-electron chi connectivity index (χ2n) is 10.4. The largest absolute Gasteiger partial charge is 0.481 e. The smallest absolute Gasteiger partial charge is 0.355 e. The Labute approximate surface area is 315 Å². The molecule has 2 heterocycles. The van der Waals surface area contributed by atoms with Gasteiger partial charge in [-0.2, -0.15) is 23.4 Å². The number of aromatic nitrogens is 5. The quantitative estimate of drug-likeness (QED) is 0.143. The lowest BCUT2D eigenvalue weighted by atomic mass is 10.1. The fourth-order valence-electron chi connectivity index (χ4n) is 4.40. The van der Waals surface area contributed by atoms with Crippen molar-refractivity contribution in [3.8, 4) is 17.4 Å². The van der Waals surface area contributed by atoms with Gasteiger partial charge in [-0.1, -0.05) is 29.8 Å². The number of alkyl halides is 3. The van der Waals surface area contributed by atoms with E-state index < -0.39 is 57.2 Å². The lowest BCUT2D eigenvalue weighted by molar-refractivity contribution is -0.142. The second kappa shape index (κ2) is 19.1. The standard InChI is InChI=1S/C16H18N4O7S.C15H14Cl2F3N3O3/c1-25-12-8-13(26-2)18-15(17-12)19-16(22)20-28(23,24)9-10-6-4-5-7-11(10)14(21)27-3;1-3-26-13(24)10(17)4-8-5-12(11(18)6-9(8)16)23-15(25)22(14(19)20)7(2)21-23/h4-8H,9H2,1-3H3,(H2,17,18,19,20,22);5-6,10,14H,3-4H2,1-2H3. The van der Waals surface area contributed by atoms with Crippen molar-refractivity contribution in [1.82, 2.24) is 29.0 Å². The zero-order valence-electron chi connectivity index (χ0n) is 28.9. The summed E-state index contributed by atoms with van der Waals surface area (Å²) in [6.07, 6.45) is -0.115. The third kappa shape index (κ3) is 11.3. The van der Waals surface area contributed by atoms with Gasteiger partial charge in [-0.25, -0.2) is 36.5 Å². The SMILES string of the molecule is CCOC(=O)C(Cl)Cc1cc(-n2nc(C)n(C(F)F)c2=O)c(F)cc1Cl.COC(=O)c1ccccc1CS(=O)(=O)NC(=O)Nc1nc(OC)cc(OC)n1. The fraction of sp³-hybridized carbons (Fsp3) is 0.323. The van der Waals surface area contributed by atoms with Gasteiger partial charge in [-0.3, -0.25) is 10.1 Å². The minimum absolute atomic E-state index is 0.0424. The molecule has 2 aromatic carbocycles. The molecule has 0 aliphatic carbocycles. The van der Waals surface area contributed by atoms with Crippen LogP contribution in [0, 0.1) is 12.7 Å². The number of amides is 2. The molecule has 4 aromatic rings. The van der Waals surface area contributed by atoms with Crippen LogP contribution in [-0.4, -0.2) is 84.0 Å². The average molecular weight is 823 g/mol. The van der Waals surface area contributed by atoms with Crippen LogP contribution in [0.4, 0.5) is 23.9 Å². The fourth-order valence-corrected chi connectivity index (χ4v) is 5.92. The summed E-state index contributed by atoms with van der Waals surface area (Å²) < 4.78 is 86.4. The molecule has 54 heavy (non-hydrogen) atoms. The molecule has 2 aromatic heterocycles. The summed E-state index contributed by atoms with van der Waals surface area (Å²) in [6, 6.07) is 8.31. The highest BCUT2D eigenvalue weighted by Gasteiger charge is 2.24. The first kappa shape index (κ1) is 43.0. The molecular formula is C31H32Cl2F3N7O10S. The van der Waals surface area contributed by atoms with Gasteiger partial charge in [-0.15, -0.1) is 16.7 Å². The molecule has 0 aliphatic rings. The number of methoxy groups -OCH3 is 3. The van der Waals surface area contributed by atoms with Crippen LogP contribution < -0.4 is 25.2 Å². The minimum Gasteiger partial charge on any atom is -0.481 e. The number of hydrogen-bond acceptors (Lipinski definition) is 13. The Hall–Kier alpha value is -5.41. The number of ether oxygens (including phenoxy) is 4. The van der Waals surface area contributed by atoms with E-state index in [0.29, 0.717) is 4.68 Å². The molecular weight excluding hydrogens is 790 g/mol. The van der Waals surface area contributed by atoms with Gasteiger partial charge in [0, 0.05) is 11.4 Å². The number of carbonyl (C=O) groups excluding carboxylic acids is 3. The van der Waals surface area contributed by atoms with Crippen LogP contribution in [0.3, 0.4) is 0 Å². The summed E-state index contributed by atoms with van der Waals surface area (Å²) in [4.78, 5) is 55.2. The van der Waals surface area contributed by atoms with Crippen LogP contribution in [0.2, 0.25) is 5.02 Å². The van der Waals surface area contributed by atoms with Crippen LogP contribution in [0.15, 0.2) is 47.3 Å². The highest BCUT2D eigenvalue weighted by molar-refractivity contribution is 7.89. The number of esters is 2. The monoisotopic (exact) mass is 821 g/mol. The maximum absolute atomic E-state index is 14.2. The van der Waals surface area contributed by atoms with Crippen LogP contribution in [-0.2, 0) is 36.5 Å². The number of nitrogens with one attached hydrogen (secondary N) is 2. The van der Waals surface area contributed by atoms with E-state index in [1.165, 1.54) is 46.5 Å². The first-order valence-electron chi connectivity index (χ1n) is 15.1. The number of rotatable bonds is 13. The summed E-state index contributed by atoms with van der Waals surface area (Å²) in [6.45, 7) is -0.195. The van der Waals surface area contributed by atoms with E-state index in [4.69, 9.17) is 37.4 Å². The van der Waals surface area contributed by atoms with Crippen molar-refractivity contribution in [3.05, 3.63) is 86.3 Å². The van der Waals surface area contributed by atoms with Crippen molar-refractivity contribution in [2.45, 2.75) is 37.9 Å². The summed E-state index contributed by atoms with van der Waals surface area (Å²) in [5.74, 6) is -3.23. The molecule has 0 spiro atoms. The van der Waals surface area contributed by atoms with Crippen molar-refractivity contribution in [2.75, 3.05) is 33.3 Å². The van der Waals surface area contributed by atoms with Gasteiger partial charge >= 0.3 is 30.2 Å². The molecule has 1 atom stereocenters. The number of anilines is 1. The Bertz CT molecular complexity index is 2150. The maximum atomic E-state index is 14.2. The molecule has 23 heteroatoms. The lowest BCUT2D eigenvalue weighted by Crippen LogP contribution is -2.36. The van der Waals surface area contributed by atoms with Crippen molar-refractivity contribution in [1.29, 1.82) is 0 Å². The van der Waals surface area contributed by atoms with Gasteiger partial charge in [0.2, 0.25) is 27.7 Å². The topological polar surface area (TPSA) is 212 Å². The van der Waals surface area contributed by atoms with Crippen molar-refractivity contribution < 1.29 is 54.9 Å². The highest BCUT2D eigenvalue weighted by Crippen LogP contribution is 2.26. The lowest BCUT2D eigenvalue weighted by Gasteiger charge is -2.12. The molecule has 0 bridgehead atoms. The van der Waals surface area contributed by atoms with Crippen LogP contribution in [0.5, 0.6) is 11.8 Å². The number of aryl methyl sites for hydroxylation is 1. The Morgan fingerprint density at radius 1 is 1.00 bits per heavy atom. The Morgan fingerprint density at radius 2 is 1.63 bits per heavy atom. The van der Waals surface area contributed by atoms with E-state index in [0.717, 1.165) is 12.1 Å². The van der Waals surface area contributed by atoms with Crippen molar-refractivity contribution in [2.24, 2.45) is 0 Å². The van der Waals surface area contributed by atoms with Gasteiger partial charge in [0.15, 0.2) is 5.82 Å². The van der Waals surface area contributed by atoms with Crippen LogP contribution >= 0.6 is 23.2 Å². The van der Waals surface area contributed by atoms with Crippen molar-refractivity contribution in [3.63, 3.8) is 0 Å². The summed E-state index contributed by atoms with van der Waals surface area (Å²) in [5, 5.41) is 4.70. The molecule has 292 valence electrons. The molecule has 0 saturated heterocycles. The summed E-state index contributed by atoms with van der Waals surface area (Å²) in [7, 11) is -0.243. The first-order valence-corrected chi connectivity index (χ1v) is 17.6. The van der Waals surface area contributed by atoms with E-state index in [-0.39, 0.29) is 68.5 Å². The van der Waals surface area contributed by atoms with E-state index >= 15 is 0 Å². The molecule has 0 saturated carbocycles. The predicted molar refractivity (Wildman–Crippen MR) is 186 cm³/mol. The van der Waals surface area contributed by atoms with E-state index in [1.54, 1.807) is 19.1 Å². The van der Waals surface area contributed by atoms with Gasteiger partial charge in [0.05, 0.1) is 45.3 Å². The molecule has 1 unspecified atom stereocenters. The summed E-state index contributed by atoms with van der Waals surface area (Å²) in [5.41, 5.74) is -1.11. The zero-order chi connectivity index (χ0) is 40.3. The van der Waals surface area contributed by atoms with E-state index in [1.807, 2.05) is 4.72 Å². The van der Waals surface area contributed by atoms with Crippen LogP contribution in [0.1, 0.15) is 40.8 Å². The Balaban J connectivity index is 0.000000291. The van der Waals surface area contributed by atoms with E-state index in [2.05, 4.69) is 25.1 Å². The van der Waals surface area contributed by atoms with Gasteiger partial charge in [-0.05, 0) is 43.2 Å². The molecule has 2 N–H and O–H groups in total. The van der Waals surface area contributed by atoms with Gasteiger partial charge in [0.25, 0.3) is 0 Å². The summed E-state index contributed by atoms with van der Waals surface area (Å²) >= 11 is 11.9. The number of urea groups is 1. The second-order valence-corrected chi connectivity index (χ2v) is 13.1. The minimum atomic E-state index is -4.14. The van der Waals surface area contributed by atoms with E-state index in [9.17, 15) is 40.8 Å². The number of nitrogens with zero attached hydrogens (tertiary/aromatic N) is 5. The highest BCUT2D eigenvalue weighted by atomic mass is 35.5. The van der Waals surface area contributed by atoms with Gasteiger partial charge in [0.1, 0.15) is 16.9 Å². The molecule has 4 rings (SSSR count). The molecule has 0 fully saturated rings. The number of sulfonamides is 1.